The lowest BCUT2D eigenvalue weighted by molar-refractivity contribution is -0.142. The van der Waals surface area contributed by atoms with Gasteiger partial charge in [0.25, 0.3) is 5.91 Å². The topological polar surface area (TPSA) is 99.9 Å². The fraction of sp³-hybridized carbons (Fsp3) is 0.200. The second-order valence-corrected chi connectivity index (χ2v) is 8.12. The molecule has 1 amide bonds. The van der Waals surface area contributed by atoms with Crippen LogP contribution in [0, 0.1) is 0 Å². The van der Waals surface area contributed by atoms with Gasteiger partial charge in [-0.2, -0.15) is 0 Å². The first-order valence-electron chi connectivity index (χ1n) is 10.2. The maximum atomic E-state index is 12.8. The van der Waals surface area contributed by atoms with E-state index in [0.29, 0.717) is 33.9 Å². The predicted octanol–water partition coefficient (Wildman–Crippen LogP) is 4.77. The Balaban J connectivity index is 1.90. The van der Waals surface area contributed by atoms with Crippen molar-refractivity contribution in [3.8, 4) is 22.6 Å². The Morgan fingerprint density at radius 3 is 2.06 bits per heavy atom. The summed E-state index contributed by atoms with van der Waals surface area (Å²) in [5.41, 5.74) is 9.02. The first kappa shape index (κ1) is 25.2. The molecule has 0 aliphatic rings. The Hall–Kier alpha value is -3.42. The van der Waals surface area contributed by atoms with Crippen LogP contribution in [-0.2, 0) is 16.0 Å². The standard InChI is InChI=1S/C25H24Cl2N2O5/c1-32-20-8-5-9-21(33-2)22(20)15-11-10-14(12-18(15)28)13-19(25(31)34-3)29-24(30)23-16(26)6-4-7-17(23)27/h4-12,19H,13,28H2,1-3H3,(H,29,30)/t19-/m0/s1. The lowest BCUT2D eigenvalue weighted by atomic mass is 9.97. The van der Waals surface area contributed by atoms with Gasteiger partial charge in [0, 0.05) is 17.7 Å². The molecular weight excluding hydrogens is 479 g/mol. The van der Waals surface area contributed by atoms with Crippen LogP contribution >= 0.6 is 23.2 Å². The highest BCUT2D eigenvalue weighted by molar-refractivity contribution is 6.39. The lowest BCUT2D eigenvalue weighted by Crippen LogP contribution is -2.43. The molecule has 0 saturated heterocycles. The third kappa shape index (κ3) is 5.38. The van der Waals surface area contributed by atoms with Gasteiger partial charge >= 0.3 is 5.97 Å². The maximum Gasteiger partial charge on any atom is 0.328 e. The highest BCUT2D eigenvalue weighted by Gasteiger charge is 2.25. The molecule has 0 spiro atoms. The number of carbonyl (C=O) groups is 2. The minimum absolute atomic E-state index is 0.0814. The molecule has 0 bridgehead atoms. The predicted molar refractivity (Wildman–Crippen MR) is 133 cm³/mol. The Morgan fingerprint density at radius 1 is 0.941 bits per heavy atom. The quantitative estimate of drug-likeness (QED) is 0.339. The molecule has 3 aromatic carbocycles. The summed E-state index contributed by atoms with van der Waals surface area (Å²) in [6.45, 7) is 0. The maximum absolute atomic E-state index is 12.8. The minimum atomic E-state index is -0.990. The van der Waals surface area contributed by atoms with E-state index in [1.54, 1.807) is 38.5 Å². The molecule has 0 aliphatic heterocycles. The number of halogens is 2. The van der Waals surface area contributed by atoms with E-state index in [9.17, 15) is 9.59 Å². The first-order valence-corrected chi connectivity index (χ1v) is 11.0. The van der Waals surface area contributed by atoms with Crippen molar-refractivity contribution in [3.05, 3.63) is 75.8 Å². The van der Waals surface area contributed by atoms with Gasteiger partial charge in [0.1, 0.15) is 17.5 Å². The Kier molecular flexibility index (Phi) is 8.26. The van der Waals surface area contributed by atoms with Crippen molar-refractivity contribution in [1.82, 2.24) is 5.32 Å². The highest BCUT2D eigenvalue weighted by atomic mass is 35.5. The van der Waals surface area contributed by atoms with E-state index in [4.69, 9.17) is 43.1 Å². The lowest BCUT2D eigenvalue weighted by Gasteiger charge is -2.19. The second-order valence-electron chi connectivity index (χ2n) is 7.31. The molecule has 3 aromatic rings. The van der Waals surface area contributed by atoms with E-state index in [0.717, 1.165) is 0 Å². The van der Waals surface area contributed by atoms with Crippen LogP contribution in [0.4, 0.5) is 5.69 Å². The number of nitrogen functional groups attached to an aromatic ring is 1. The third-order valence-corrected chi connectivity index (χ3v) is 5.86. The van der Waals surface area contributed by atoms with Crippen molar-refractivity contribution in [1.29, 1.82) is 0 Å². The number of hydrogen-bond acceptors (Lipinski definition) is 6. The molecule has 3 rings (SSSR count). The molecule has 0 aromatic heterocycles. The number of anilines is 1. The normalized spacial score (nSPS) is 11.4. The fourth-order valence-electron chi connectivity index (χ4n) is 3.60. The highest BCUT2D eigenvalue weighted by Crippen LogP contribution is 2.41. The number of rotatable bonds is 8. The summed E-state index contributed by atoms with van der Waals surface area (Å²) in [6.07, 6.45) is 0.133. The summed E-state index contributed by atoms with van der Waals surface area (Å²) in [4.78, 5) is 25.2. The van der Waals surface area contributed by atoms with Crippen LogP contribution in [0.3, 0.4) is 0 Å². The van der Waals surface area contributed by atoms with Gasteiger partial charge < -0.3 is 25.3 Å². The molecule has 34 heavy (non-hydrogen) atoms. The van der Waals surface area contributed by atoms with E-state index < -0.39 is 17.9 Å². The molecule has 0 radical (unpaired) electrons. The van der Waals surface area contributed by atoms with Crippen LogP contribution in [0.2, 0.25) is 10.0 Å². The Bertz CT molecular complexity index is 1170. The number of ether oxygens (including phenoxy) is 3. The van der Waals surface area contributed by atoms with Gasteiger partial charge in [-0.15, -0.1) is 0 Å². The molecule has 0 aliphatic carbocycles. The number of nitrogens with one attached hydrogen (secondary N) is 1. The van der Waals surface area contributed by atoms with Crippen LogP contribution in [0.25, 0.3) is 11.1 Å². The summed E-state index contributed by atoms with van der Waals surface area (Å²) in [6, 6.07) is 14.5. The summed E-state index contributed by atoms with van der Waals surface area (Å²) in [5.74, 6) is 0.00478. The van der Waals surface area contributed by atoms with Crippen molar-refractivity contribution < 1.29 is 23.8 Å². The number of nitrogens with two attached hydrogens (primary N) is 1. The van der Waals surface area contributed by atoms with Crippen molar-refractivity contribution in [2.24, 2.45) is 0 Å². The summed E-state index contributed by atoms with van der Waals surface area (Å²) in [5, 5.41) is 3.00. The van der Waals surface area contributed by atoms with Crippen molar-refractivity contribution in [2.45, 2.75) is 12.5 Å². The van der Waals surface area contributed by atoms with Crippen LogP contribution in [0.5, 0.6) is 11.5 Å². The van der Waals surface area contributed by atoms with Crippen molar-refractivity contribution >= 4 is 40.8 Å². The molecule has 0 saturated carbocycles. The van der Waals surface area contributed by atoms with Gasteiger partial charge in [-0.1, -0.05) is 47.5 Å². The number of benzene rings is 3. The van der Waals surface area contributed by atoms with E-state index in [1.807, 2.05) is 30.3 Å². The summed E-state index contributed by atoms with van der Waals surface area (Å²) < 4.78 is 15.8. The first-order chi connectivity index (χ1) is 16.3. The molecule has 0 unspecified atom stereocenters. The average molecular weight is 503 g/mol. The molecule has 3 N–H and O–H groups in total. The number of carbonyl (C=O) groups excluding carboxylic acids is 2. The zero-order valence-corrected chi connectivity index (χ0v) is 20.4. The molecule has 178 valence electrons. The largest absolute Gasteiger partial charge is 0.496 e. The monoisotopic (exact) mass is 502 g/mol. The van der Waals surface area contributed by atoms with Crippen molar-refractivity contribution in [3.63, 3.8) is 0 Å². The Morgan fingerprint density at radius 2 is 1.53 bits per heavy atom. The molecular formula is C25H24Cl2N2O5. The van der Waals surface area contributed by atoms with Gasteiger partial charge in [0.15, 0.2) is 0 Å². The zero-order chi connectivity index (χ0) is 24.8. The SMILES string of the molecule is COC(=O)[C@H](Cc1ccc(-c2c(OC)cccc2OC)c(N)c1)NC(=O)c1c(Cl)cccc1Cl. The van der Waals surface area contributed by atoms with Crippen LogP contribution in [-0.4, -0.2) is 39.2 Å². The van der Waals surface area contributed by atoms with E-state index in [2.05, 4.69) is 5.32 Å². The molecule has 0 fully saturated rings. The fourth-order valence-corrected chi connectivity index (χ4v) is 4.17. The van der Waals surface area contributed by atoms with Gasteiger partial charge in [-0.25, -0.2) is 4.79 Å². The third-order valence-electron chi connectivity index (χ3n) is 5.23. The van der Waals surface area contributed by atoms with Gasteiger partial charge in [-0.3, -0.25) is 4.79 Å². The van der Waals surface area contributed by atoms with Crippen LogP contribution in [0.1, 0.15) is 15.9 Å². The second kappa shape index (κ2) is 11.1. The Labute approximate surface area is 207 Å². The number of esters is 1. The van der Waals surface area contributed by atoms with Gasteiger partial charge in [0.2, 0.25) is 0 Å². The molecule has 9 heteroatoms. The van der Waals surface area contributed by atoms with Gasteiger partial charge in [-0.05, 0) is 35.9 Å². The summed E-state index contributed by atoms with van der Waals surface area (Å²) in [7, 11) is 4.38. The average Bonchev–Trinajstić information content (AvgIpc) is 2.82. The van der Waals surface area contributed by atoms with Gasteiger partial charge in [0.05, 0.1) is 42.5 Å². The number of methoxy groups -OCH3 is 3. The molecule has 7 nitrogen and oxygen atoms in total. The number of hydrogen-bond donors (Lipinski definition) is 2. The van der Waals surface area contributed by atoms with Crippen LogP contribution in [0.15, 0.2) is 54.6 Å². The minimum Gasteiger partial charge on any atom is -0.496 e. The molecule has 1 atom stereocenters. The molecule has 0 heterocycles. The van der Waals surface area contributed by atoms with E-state index >= 15 is 0 Å². The van der Waals surface area contributed by atoms with Crippen LogP contribution < -0.4 is 20.5 Å². The smallest absolute Gasteiger partial charge is 0.328 e. The zero-order valence-electron chi connectivity index (χ0n) is 18.9. The van der Waals surface area contributed by atoms with Crippen molar-refractivity contribution in [2.75, 3.05) is 27.1 Å². The summed E-state index contributed by atoms with van der Waals surface area (Å²) >= 11 is 12.3. The van der Waals surface area contributed by atoms with E-state index in [-0.39, 0.29) is 22.0 Å². The number of amides is 1. The van der Waals surface area contributed by atoms with E-state index in [1.165, 1.54) is 7.11 Å².